The van der Waals surface area contributed by atoms with E-state index >= 15 is 0 Å². The molecule has 0 aliphatic heterocycles. The molecule has 0 atom stereocenters. The molecule has 138 valence electrons. The molecule has 4 nitrogen and oxygen atoms in total. The number of carbonyl (C=O) groups excluding carboxylic acids is 2. The van der Waals surface area contributed by atoms with Crippen molar-refractivity contribution in [2.24, 2.45) is 0 Å². The molecular weight excluding hydrogens is 324 g/mol. The Labute approximate surface area is 156 Å². The van der Waals surface area contributed by atoms with Gasteiger partial charge in [0.15, 0.2) is 0 Å². The normalized spacial score (nSPS) is 11.1. The lowest BCUT2D eigenvalue weighted by Crippen LogP contribution is -2.21. The van der Waals surface area contributed by atoms with Gasteiger partial charge in [-0.1, -0.05) is 51.1 Å². The molecule has 0 aliphatic rings. The molecule has 2 aromatic carbocycles. The number of anilines is 1. The van der Waals surface area contributed by atoms with Gasteiger partial charge in [0.25, 0.3) is 5.91 Å². The van der Waals surface area contributed by atoms with Gasteiger partial charge in [-0.3, -0.25) is 9.59 Å². The summed E-state index contributed by atoms with van der Waals surface area (Å²) < 4.78 is 0. The SMILES string of the molecule is CN(C)C(=O)c1ccc(CCC(=O)Nc2ccccc2C(C)(C)C)cc1. The van der Waals surface area contributed by atoms with Gasteiger partial charge in [0.05, 0.1) is 0 Å². The second-order valence-corrected chi connectivity index (χ2v) is 7.74. The summed E-state index contributed by atoms with van der Waals surface area (Å²) in [7, 11) is 3.46. The van der Waals surface area contributed by atoms with E-state index in [1.807, 2.05) is 42.5 Å². The highest BCUT2D eigenvalue weighted by molar-refractivity contribution is 5.94. The molecule has 0 saturated heterocycles. The number of nitrogens with one attached hydrogen (secondary N) is 1. The van der Waals surface area contributed by atoms with E-state index in [0.29, 0.717) is 18.4 Å². The third kappa shape index (κ3) is 5.19. The minimum absolute atomic E-state index is 0.00450. The number of hydrogen-bond acceptors (Lipinski definition) is 2. The van der Waals surface area contributed by atoms with Crippen LogP contribution in [0.2, 0.25) is 0 Å². The van der Waals surface area contributed by atoms with Crippen LogP contribution in [0.5, 0.6) is 0 Å². The first-order valence-electron chi connectivity index (χ1n) is 8.88. The van der Waals surface area contributed by atoms with E-state index in [-0.39, 0.29) is 17.2 Å². The van der Waals surface area contributed by atoms with Gasteiger partial charge in [-0.2, -0.15) is 0 Å². The summed E-state index contributed by atoms with van der Waals surface area (Å²) in [6.45, 7) is 6.40. The predicted octanol–water partition coefficient (Wildman–Crippen LogP) is 4.26. The van der Waals surface area contributed by atoms with Crippen molar-refractivity contribution in [1.29, 1.82) is 0 Å². The van der Waals surface area contributed by atoms with Crippen LogP contribution in [0.4, 0.5) is 5.69 Å². The number of benzene rings is 2. The molecule has 4 heteroatoms. The maximum atomic E-state index is 12.4. The predicted molar refractivity (Wildman–Crippen MR) is 107 cm³/mol. The Bertz CT molecular complexity index is 771. The van der Waals surface area contributed by atoms with Crippen LogP contribution in [-0.4, -0.2) is 30.8 Å². The average molecular weight is 352 g/mol. The van der Waals surface area contributed by atoms with Gasteiger partial charge in [-0.15, -0.1) is 0 Å². The smallest absolute Gasteiger partial charge is 0.253 e. The van der Waals surface area contributed by atoms with Crippen molar-refractivity contribution in [3.8, 4) is 0 Å². The topological polar surface area (TPSA) is 49.4 Å². The quantitative estimate of drug-likeness (QED) is 0.874. The highest BCUT2D eigenvalue weighted by atomic mass is 16.2. The Kier molecular flexibility index (Phi) is 6.19. The summed E-state index contributed by atoms with van der Waals surface area (Å²) in [5.74, 6) is -0.0248. The molecule has 0 heterocycles. The molecule has 0 aliphatic carbocycles. The molecule has 2 rings (SSSR count). The number of nitrogens with zero attached hydrogens (tertiary/aromatic N) is 1. The number of carbonyl (C=O) groups is 2. The summed E-state index contributed by atoms with van der Waals surface area (Å²) in [5.41, 5.74) is 3.66. The van der Waals surface area contributed by atoms with Crippen LogP contribution in [0.3, 0.4) is 0 Å². The monoisotopic (exact) mass is 352 g/mol. The summed E-state index contributed by atoms with van der Waals surface area (Å²) in [6.07, 6.45) is 1.04. The standard InChI is InChI=1S/C22H28N2O2/c1-22(2,3)18-8-6-7-9-19(18)23-20(25)15-12-16-10-13-17(14-11-16)21(26)24(4)5/h6-11,13-14H,12,15H2,1-5H3,(H,23,25). The van der Waals surface area contributed by atoms with Crippen molar-refractivity contribution in [1.82, 2.24) is 4.90 Å². The number of amides is 2. The summed E-state index contributed by atoms with van der Waals surface area (Å²) in [6, 6.07) is 15.4. The average Bonchev–Trinajstić information content (AvgIpc) is 2.59. The molecule has 0 unspecified atom stereocenters. The van der Waals surface area contributed by atoms with Crippen molar-refractivity contribution >= 4 is 17.5 Å². The first-order chi connectivity index (χ1) is 12.2. The summed E-state index contributed by atoms with van der Waals surface area (Å²) in [4.78, 5) is 25.8. The molecule has 2 amide bonds. The third-order valence-corrected chi connectivity index (χ3v) is 4.26. The third-order valence-electron chi connectivity index (χ3n) is 4.26. The molecule has 0 radical (unpaired) electrons. The molecular formula is C22H28N2O2. The van der Waals surface area contributed by atoms with Crippen LogP contribution in [0.1, 0.15) is 48.7 Å². The molecule has 0 spiro atoms. The van der Waals surface area contributed by atoms with Crippen molar-refractivity contribution in [3.63, 3.8) is 0 Å². The minimum Gasteiger partial charge on any atom is -0.345 e. The number of rotatable bonds is 5. The second-order valence-electron chi connectivity index (χ2n) is 7.74. The first-order valence-corrected chi connectivity index (χ1v) is 8.88. The van der Waals surface area contributed by atoms with Crippen LogP contribution in [0, 0.1) is 0 Å². The van der Waals surface area contributed by atoms with Gasteiger partial charge < -0.3 is 10.2 Å². The van der Waals surface area contributed by atoms with Gasteiger partial charge in [-0.05, 0) is 41.2 Å². The van der Waals surface area contributed by atoms with Crippen LogP contribution in [0.15, 0.2) is 48.5 Å². The summed E-state index contributed by atoms with van der Waals surface area (Å²) >= 11 is 0. The second kappa shape index (κ2) is 8.17. The van der Waals surface area contributed by atoms with Crippen molar-refractivity contribution in [2.75, 3.05) is 19.4 Å². The van der Waals surface area contributed by atoms with Gasteiger partial charge in [0.1, 0.15) is 0 Å². The van der Waals surface area contributed by atoms with Crippen molar-refractivity contribution in [2.45, 2.75) is 39.0 Å². The molecule has 26 heavy (non-hydrogen) atoms. The highest BCUT2D eigenvalue weighted by Gasteiger charge is 2.18. The van der Waals surface area contributed by atoms with Gasteiger partial charge in [0.2, 0.25) is 5.91 Å². The Hall–Kier alpha value is -2.62. The maximum absolute atomic E-state index is 12.4. The fraction of sp³-hybridized carbons (Fsp3) is 0.364. The number of para-hydroxylation sites is 1. The van der Waals surface area contributed by atoms with E-state index in [0.717, 1.165) is 16.8 Å². The lowest BCUT2D eigenvalue weighted by molar-refractivity contribution is -0.116. The van der Waals surface area contributed by atoms with Gasteiger partial charge >= 0.3 is 0 Å². The fourth-order valence-electron chi connectivity index (χ4n) is 2.79. The molecule has 0 bridgehead atoms. The van der Waals surface area contributed by atoms with Crippen LogP contribution < -0.4 is 5.32 Å². The van der Waals surface area contributed by atoms with Crippen LogP contribution in [-0.2, 0) is 16.6 Å². The number of hydrogen-bond donors (Lipinski definition) is 1. The Morgan fingerprint density at radius 3 is 2.15 bits per heavy atom. The van der Waals surface area contributed by atoms with E-state index in [1.165, 1.54) is 0 Å². The molecule has 0 saturated carbocycles. The Balaban J connectivity index is 1.97. The fourth-order valence-corrected chi connectivity index (χ4v) is 2.79. The summed E-state index contributed by atoms with van der Waals surface area (Å²) in [5, 5.41) is 3.03. The zero-order chi connectivity index (χ0) is 19.3. The molecule has 0 fully saturated rings. The molecule has 0 aromatic heterocycles. The molecule has 1 N–H and O–H groups in total. The van der Waals surface area contributed by atoms with Crippen molar-refractivity contribution in [3.05, 3.63) is 65.2 Å². The van der Waals surface area contributed by atoms with E-state index in [2.05, 4.69) is 32.2 Å². The van der Waals surface area contributed by atoms with Crippen LogP contribution in [0.25, 0.3) is 0 Å². The molecule has 2 aromatic rings. The first kappa shape index (κ1) is 19.7. The Morgan fingerprint density at radius 1 is 0.962 bits per heavy atom. The lowest BCUT2D eigenvalue weighted by Gasteiger charge is -2.23. The lowest BCUT2D eigenvalue weighted by atomic mass is 9.86. The van der Waals surface area contributed by atoms with Gasteiger partial charge in [0, 0.05) is 31.8 Å². The zero-order valence-electron chi connectivity index (χ0n) is 16.3. The highest BCUT2D eigenvalue weighted by Crippen LogP contribution is 2.29. The van der Waals surface area contributed by atoms with E-state index in [1.54, 1.807) is 19.0 Å². The maximum Gasteiger partial charge on any atom is 0.253 e. The van der Waals surface area contributed by atoms with Gasteiger partial charge in [-0.25, -0.2) is 0 Å². The van der Waals surface area contributed by atoms with E-state index in [9.17, 15) is 9.59 Å². The Morgan fingerprint density at radius 2 is 1.58 bits per heavy atom. The van der Waals surface area contributed by atoms with E-state index in [4.69, 9.17) is 0 Å². The van der Waals surface area contributed by atoms with Crippen LogP contribution >= 0.6 is 0 Å². The largest absolute Gasteiger partial charge is 0.345 e. The van der Waals surface area contributed by atoms with E-state index < -0.39 is 0 Å². The van der Waals surface area contributed by atoms with Crippen molar-refractivity contribution < 1.29 is 9.59 Å². The zero-order valence-corrected chi connectivity index (χ0v) is 16.3. The minimum atomic E-state index is -0.0291. The number of aryl methyl sites for hydroxylation is 1.